The van der Waals surface area contributed by atoms with Gasteiger partial charge in [-0.1, -0.05) is 263 Å². The molecule has 0 bridgehead atoms. The number of anilines is 6. The molecule has 2 aliphatic heterocycles. The SMILES string of the molecule is [2H]c1c([2H])c([2H])c(-c2ccc3c(c2)N(c2c(-c4ccccc4)cc(C(C)(C)C)cc2-c2ccccc2)c2cc(-n4c5c([2H])c([2H])c([2H])c([2H])c5c5c([2H])c([2H])c([2H])c([2H])c54)cc4c2B3c2ccc(-c3c([2H])c([2H])c([2H])c([2H])c3[2H])cc2N4c2cccc3c2oc2c(-n4c5c([2H])c([2H])c([2H])c([2H])c5c5c([2H])c([2H])c([2H])c([2H])c54)cccc23)c([2H])c1[2H]. The fraction of sp³-hybridized carbons (Fsp3) is 0.0455. The maximum Gasteiger partial charge on any atom is 0.252 e. The highest BCUT2D eigenvalue weighted by molar-refractivity contribution is 7.00. The normalized spacial score (nSPS) is 16.6. The second kappa shape index (κ2) is 20.8. The van der Waals surface area contributed by atoms with E-state index in [4.69, 9.17) is 18.1 Å². The topological polar surface area (TPSA) is 29.5 Å². The molecule has 6 heteroatoms. The van der Waals surface area contributed by atoms with Crippen molar-refractivity contribution in [2.45, 2.75) is 26.2 Å². The van der Waals surface area contributed by atoms with E-state index in [9.17, 15) is 21.9 Å². The van der Waals surface area contributed by atoms with E-state index in [-0.39, 0.29) is 111 Å². The lowest BCUT2D eigenvalue weighted by Crippen LogP contribution is -2.61. The van der Waals surface area contributed by atoms with Gasteiger partial charge in [-0.15, -0.1) is 0 Å². The molecule has 0 fully saturated rings. The van der Waals surface area contributed by atoms with Crippen LogP contribution in [0.1, 0.15) is 62.0 Å². The van der Waals surface area contributed by atoms with Gasteiger partial charge in [0.2, 0.25) is 0 Å². The summed E-state index contributed by atoms with van der Waals surface area (Å²) in [7, 11) is 0. The molecular formula is C88H61BN4O. The molecule has 17 aromatic rings. The van der Waals surface area contributed by atoms with Gasteiger partial charge in [-0.2, -0.15) is 0 Å². The molecule has 0 amide bonds. The number of hydrogen-bond acceptors (Lipinski definition) is 3. The Morgan fingerprint density at radius 2 is 0.755 bits per heavy atom. The molecular weight excluding hydrogens is 1140 g/mol. The molecule has 3 aromatic heterocycles. The summed E-state index contributed by atoms with van der Waals surface area (Å²) >= 11 is 0. The van der Waals surface area contributed by atoms with Crippen molar-refractivity contribution in [3.63, 3.8) is 0 Å². The molecule has 5 heterocycles. The third kappa shape index (κ3) is 8.15. The van der Waals surface area contributed by atoms with Crippen LogP contribution in [0.4, 0.5) is 34.1 Å². The number of fused-ring (bicyclic) bond motifs is 13. The van der Waals surface area contributed by atoms with Crippen molar-refractivity contribution in [1.82, 2.24) is 9.13 Å². The van der Waals surface area contributed by atoms with Gasteiger partial charge < -0.3 is 23.4 Å². The molecule has 0 N–H and O–H groups in total. The Hall–Kier alpha value is -11.9. The first-order valence-corrected chi connectivity index (χ1v) is 30.6. The minimum atomic E-state index is -1.04. The van der Waals surface area contributed by atoms with Crippen molar-refractivity contribution in [2.24, 2.45) is 0 Å². The van der Waals surface area contributed by atoms with Crippen LogP contribution in [0.5, 0.6) is 0 Å². The molecule has 0 atom stereocenters. The first kappa shape index (κ1) is 34.0. The summed E-state index contributed by atoms with van der Waals surface area (Å²) in [6, 6.07) is 31.3. The van der Waals surface area contributed by atoms with Crippen LogP contribution >= 0.6 is 0 Å². The lowest BCUT2D eigenvalue weighted by atomic mass is 9.33. The fourth-order valence-electron chi connectivity index (χ4n) is 14.2. The predicted octanol–water partition coefficient (Wildman–Crippen LogP) is 21.8. The maximum absolute atomic E-state index is 10.1. The van der Waals surface area contributed by atoms with Gasteiger partial charge in [-0.25, -0.2) is 0 Å². The summed E-state index contributed by atoms with van der Waals surface area (Å²) in [5.41, 5.74) is 5.55. The van der Waals surface area contributed by atoms with Crippen molar-refractivity contribution >= 4 is 123 Å². The van der Waals surface area contributed by atoms with E-state index in [0.717, 1.165) is 5.56 Å². The van der Waals surface area contributed by atoms with Crippen LogP contribution < -0.4 is 26.2 Å². The van der Waals surface area contributed by atoms with E-state index in [1.807, 2.05) is 76.5 Å². The van der Waals surface area contributed by atoms with E-state index < -0.39 is 169 Å². The molecule has 94 heavy (non-hydrogen) atoms. The van der Waals surface area contributed by atoms with E-state index in [2.05, 4.69) is 32.9 Å². The quantitative estimate of drug-likeness (QED) is 0.142. The van der Waals surface area contributed by atoms with E-state index >= 15 is 0 Å². The molecule has 5 nitrogen and oxygen atoms in total. The molecule has 0 radical (unpaired) electrons. The number of furan rings is 1. The predicted molar refractivity (Wildman–Crippen MR) is 397 cm³/mol. The van der Waals surface area contributed by atoms with Crippen LogP contribution in [-0.4, -0.2) is 15.8 Å². The number of rotatable bonds is 8. The zero-order valence-corrected chi connectivity index (χ0v) is 50.3. The zero-order valence-electron chi connectivity index (χ0n) is 76.3. The van der Waals surface area contributed by atoms with Gasteiger partial charge in [0.1, 0.15) is 0 Å². The summed E-state index contributed by atoms with van der Waals surface area (Å²) in [5.74, 6) is 0. The second-order valence-electron chi connectivity index (χ2n) is 24.4. The molecule has 442 valence electrons. The van der Waals surface area contributed by atoms with E-state index in [1.54, 1.807) is 78.9 Å². The fourth-order valence-corrected chi connectivity index (χ4v) is 14.2. The number of hydrogen-bond donors (Lipinski definition) is 0. The number of para-hydroxylation sites is 6. The molecule has 0 saturated heterocycles. The monoisotopic (exact) mass is 1230 g/mol. The summed E-state index contributed by atoms with van der Waals surface area (Å²) in [4.78, 5) is 3.84. The standard InChI is InChI=1S/C88H61BN4O/c1-88(2,3)62-52-70(58-30-12-6-13-31-58)85(71(53-62)59-32-14-7-15-33-59)93-81-51-61(57-28-10-5-11-29-57)47-49-73(81)89-72-48-46-60(56-26-8-4-9-27-56)50-80(72)92(82-54-63(55-83(93)84(82)89)90-74-40-20-16-34-64(74)65-35-17-21-41-75(65)90)79-45-25-39-69-68-38-24-44-78(86(68)94-87(69)79)91-76-42-22-18-36-66(76)67-37-19-23-43-77(67)91/h4-55H,1-3H3/i4D,5D,8D,9D,10D,11D,16D,17D,18D,19D,20D,21D,22D,23D,26D,27D,28D,29D,34D,35D,36D,37D,40D,41D,42D,43D. The van der Waals surface area contributed by atoms with Gasteiger partial charge in [-0.05, 0) is 133 Å². The number of aromatic nitrogens is 2. The zero-order chi connectivity index (χ0) is 85.0. The second-order valence-corrected chi connectivity index (χ2v) is 24.4. The van der Waals surface area contributed by atoms with Crippen molar-refractivity contribution in [3.05, 3.63) is 320 Å². The maximum atomic E-state index is 10.1. The molecule has 0 unspecified atom stereocenters. The summed E-state index contributed by atoms with van der Waals surface area (Å²) in [6.07, 6.45) is 0. The van der Waals surface area contributed by atoms with E-state index in [0.29, 0.717) is 60.8 Å². The van der Waals surface area contributed by atoms with Crippen LogP contribution in [0.3, 0.4) is 0 Å². The minimum Gasteiger partial charge on any atom is -0.452 e. The third-order valence-corrected chi connectivity index (χ3v) is 18.3. The van der Waals surface area contributed by atoms with Crippen molar-refractivity contribution < 1.29 is 40.1 Å². The Morgan fingerprint density at radius 3 is 1.24 bits per heavy atom. The number of benzene rings is 14. The van der Waals surface area contributed by atoms with Crippen LogP contribution in [0.25, 0.3) is 121 Å². The minimum absolute atomic E-state index is 0.0106. The largest absolute Gasteiger partial charge is 0.452 e. The highest BCUT2D eigenvalue weighted by Crippen LogP contribution is 2.54. The Kier molecular flexibility index (Phi) is 7.54. The molecule has 0 aliphatic carbocycles. The molecule has 0 saturated carbocycles. The average molecular weight is 1230 g/mol. The van der Waals surface area contributed by atoms with Crippen LogP contribution in [0.15, 0.2) is 319 Å². The summed E-state index contributed by atoms with van der Waals surface area (Å²) in [6.45, 7) is 5.22. The van der Waals surface area contributed by atoms with Crippen molar-refractivity contribution in [3.8, 4) is 55.9 Å². The highest BCUT2D eigenvalue weighted by Gasteiger charge is 2.46. The van der Waals surface area contributed by atoms with Gasteiger partial charge in [0, 0.05) is 66.2 Å². The Balaban J connectivity index is 1.04. The molecule has 0 spiro atoms. The smallest absolute Gasteiger partial charge is 0.252 e. The van der Waals surface area contributed by atoms with Gasteiger partial charge in [0.25, 0.3) is 6.71 Å². The summed E-state index contributed by atoms with van der Waals surface area (Å²) < 4.78 is 253. The van der Waals surface area contributed by atoms with Crippen LogP contribution in [-0.2, 0) is 5.41 Å². The van der Waals surface area contributed by atoms with Crippen LogP contribution in [0.2, 0.25) is 0 Å². The molecule has 19 rings (SSSR count). The first-order chi connectivity index (χ1) is 57.1. The lowest BCUT2D eigenvalue weighted by molar-refractivity contribution is 0.591. The first-order valence-electron chi connectivity index (χ1n) is 43.6. The molecule has 14 aromatic carbocycles. The lowest BCUT2D eigenvalue weighted by Gasteiger charge is -2.45. The third-order valence-electron chi connectivity index (χ3n) is 18.3. The Morgan fingerprint density at radius 1 is 0.330 bits per heavy atom. The van der Waals surface area contributed by atoms with Crippen molar-refractivity contribution in [2.75, 3.05) is 9.80 Å². The summed E-state index contributed by atoms with van der Waals surface area (Å²) in [5, 5.41) is -0.119. The Labute approximate surface area is 582 Å². The van der Waals surface area contributed by atoms with Crippen molar-refractivity contribution in [1.29, 1.82) is 0 Å². The molecule has 2 aliphatic rings. The van der Waals surface area contributed by atoms with Crippen LogP contribution in [0, 0.1) is 0 Å². The highest BCUT2D eigenvalue weighted by atomic mass is 16.3. The van der Waals surface area contributed by atoms with Gasteiger partial charge >= 0.3 is 0 Å². The van der Waals surface area contributed by atoms with Gasteiger partial charge in [0.15, 0.2) is 11.2 Å². The average Bonchev–Trinajstić information content (AvgIpc) is 1.37. The van der Waals surface area contributed by atoms with Gasteiger partial charge in [-0.3, -0.25) is 0 Å². The van der Waals surface area contributed by atoms with Gasteiger partial charge in [0.05, 0.1) is 80.5 Å². The van der Waals surface area contributed by atoms with E-state index in [1.165, 1.54) is 9.13 Å². The Bertz CT molecular complexity index is 7290. The number of nitrogens with zero attached hydrogens (tertiary/aromatic N) is 4.